The quantitative estimate of drug-likeness (QED) is 0.266. The molecule has 1 amide bonds. The molecule has 0 bridgehead atoms. The number of hydrogen-bond acceptors (Lipinski definition) is 9. The molecule has 0 radical (unpaired) electrons. The van der Waals surface area contributed by atoms with Crippen molar-refractivity contribution in [2.24, 2.45) is 11.8 Å². The monoisotopic (exact) mass is 635 g/mol. The summed E-state index contributed by atoms with van der Waals surface area (Å²) in [4.78, 5) is 36.5. The Morgan fingerprint density at radius 2 is 1.73 bits per heavy atom. The summed E-state index contributed by atoms with van der Waals surface area (Å²) in [7, 11) is 3.63. The van der Waals surface area contributed by atoms with E-state index >= 15 is 4.39 Å². The van der Waals surface area contributed by atoms with Gasteiger partial charge in [-0.3, -0.25) is 9.97 Å². The third-order valence-electron chi connectivity index (χ3n) is 8.58. The van der Waals surface area contributed by atoms with Gasteiger partial charge in [0, 0.05) is 78.0 Å². The maximum Gasteiger partial charge on any atom is 0.410 e. The normalized spacial score (nSPS) is 20.0. The Balaban J connectivity index is 0.000000535. The summed E-state index contributed by atoms with van der Waals surface area (Å²) in [6, 6.07) is 5.51. The van der Waals surface area contributed by atoms with E-state index in [9.17, 15) is 4.79 Å². The SMILES string of the molecule is CN1CCCC1.COc1nc(N2CC3CN(C(=O)OC(C)(C)C)CC3C2)c2cnc(-c3cncc4cccc(Cl)c34)c(F)c2n1. The number of carbonyl (C=O) groups is 1. The van der Waals surface area contributed by atoms with E-state index in [-0.39, 0.29) is 35.2 Å². The van der Waals surface area contributed by atoms with Crippen LogP contribution in [0.3, 0.4) is 0 Å². The molecule has 0 spiro atoms. The molecule has 2 atom stereocenters. The molecule has 4 aromatic rings. The van der Waals surface area contributed by atoms with E-state index in [0.717, 1.165) is 5.39 Å². The first-order valence-electron chi connectivity index (χ1n) is 15.4. The minimum absolute atomic E-state index is 0.0649. The number of methoxy groups -OCH3 is 1. The number of fused-ring (bicyclic) bond motifs is 3. The van der Waals surface area contributed by atoms with Gasteiger partial charge in [-0.2, -0.15) is 9.97 Å². The van der Waals surface area contributed by atoms with Crippen LogP contribution in [0.1, 0.15) is 33.6 Å². The van der Waals surface area contributed by atoms with E-state index in [1.54, 1.807) is 29.6 Å². The Morgan fingerprint density at radius 1 is 1.02 bits per heavy atom. The topological polar surface area (TPSA) is 96.8 Å². The second-order valence-corrected chi connectivity index (χ2v) is 13.5. The summed E-state index contributed by atoms with van der Waals surface area (Å²) in [6.45, 7) is 10.7. The molecule has 3 fully saturated rings. The van der Waals surface area contributed by atoms with Crippen LogP contribution in [-0.2, 0) is 4.74 Å². The molecule has 3 aliphatic heterocycles. The number of nitrogens with zero attached hydrogens (tertiary/aromatic N) is 7. The molecule has 0 aliphatic carbocycles. The maximum absolute atomic E-state index is 16.1. The number of halogens is 2. The fraction of sp³-hybridized carbons (Fsp3) is 0.485. The van der Waals surface area contributed by atoms with Crippen molar-refractivity contribution in [3.63, 3.8) is 0 Å². The van der Waals surface area contributed by atoms with E-state index < -0.39 is 11.4 Å². The number of likely N-dealkylation sites (tertiary alicyclic amines) is 2. The number of benzene rings is 1. The Hall–Kier alpha value is -3.83. The highest BCUT2D eigenvalue weighted by Crippen LogP contribution is 2.39. The highest BCUT2D eigenvalue weighted by atomic mass is 35.5. The first kappa shape index (κ1) is 31.2. The van der Waals surface area contributed by atoms with Gasteiger partial charge >= 0.3 is 12.1 Å². The van der Waals surface area contributed by atoms with Crippen molar-refractivity contribution in [1.29, 1.82) is 0 Å². The summed E-state index contributed by atoms with van der Waals surface area (Å²) in [5.41, 5.74) is 0.153. The zero-order chi connectivity index (χ0) is 31.9. The number of aromatic nitrogens is 4. The zero-order valence-corrected chi connectivity index (χ0v) is 27.1. The van der Waals surface area contributed by atoms with E-state index in [4.69, 9.17) is 21.1 Å². The van der Waals surface area contributed by atoms with Gasteiger partial charge in [0.15, 0.2) is 5.82 Å². The fourth-order valence-corrected chi connectivity index (χ4v) is 6.71. The average molecular weight is 636 g/mol. The zero-order valence-electron chi connectivity index (χ0n) is 26.4. The summed E-state index contributed by atoms with van der Waals surface area (Å²) in [5.74, 6) is 0.449. The van der Waals surface area contributed by atoms with E-state index in [2.05, 4.69) is 36.8 Å². The smallest absolute Gasteiger partial charge is 0.410 e. The summed E-state index contributed by atoms with van der Waals surface area (Å²) >= 11 is 6.49. The highest BCUT2D eigenvalue weighted by molar-refractivity contribution is 6.36. The molecule has 6 heterocycles. The minimum Gasteiger partial charge on any atom is -0.467 e. The summed E-state index contributed by atoms with van der Waals surface area (Å²) in [6.07, 6.45) is 7.37. The van der Waals surface area contributed by atoms with E-state index in [1.165, 1.54) is 33.0 Å². The molecule has 45 heavy (non-hydrogen) atoms. The summed E-state index contributed by atoms with van der Waals surface area (Å²) < 4.78 is 27.1. The second-order valence-electron chi connectivity index (χ2n) is 13.1. The van der Waals surface area contributed by atoms with Crippen LogP contribution in [0.15, 0.2) is 36.8 Å². The van der Waals surface area contributed by atoms with Crippen LogP contribution >= 0.6 is 11.6 Å². The van der Waals surface area contributed by atoms with Gasteiger partial charge in [-0.25, -0.2) is 9.18 Å². The number of anilines is 1. The van der Waals surface area contributed by atoms with Gasteiger partial charge in [0.05, 0.1) is 12.5 Å². The molecule has 0 N–H and O–H groups in total. The maximum atomic E-state index is 16.1. The Bertz CT molecular complexity index is 1710. The Kier molecular flexibility index (Phi) is 8.67. The van der Waals surface area contributed by atoms with Gasteiger partial charge in [-0.1, -0.05) is 23.7 Å². The van der Waals surface area contributed by atoms with Gasteiger partial charge < -0.3 is 24.2 Å². The number of pyridine rings is 2. The molecule has 0 saturated carbocycles. The van der Waals surface area contributed by atoms with E-state index in [0.29, 0.717) is 53.4 Å². The van der Waals surface area contributed by atoms with Crippen LogP contribution in [0.25, 0.3) is 32.9 Å². The van der Waals surface area contributed by atoms with Crippen LogP contribution in [0, 0.1) is 17.7 Å². The number of carbonyl (C=O) groups excluding carboxylic acids is 1. The third-order valence-corrected chi connectivity index (χ3v) is 8.90. The lowest BCUT2D eigenvalue weighted by atomic mass is 10.0. The van der Waals surface area contributed by atoms with Crippen LogP contribution in [0.5, 0.6) is 6.01 Å². The molecule has 1 aromatic carbocycles. The molecular formula is C33H39ClFN7O3. The van der Waals surface area contributed by atoms with Gasteiger partial charge in [0.25, 0.3) is 0 Å². The average Bonchev–Trinajstić information content (AvgIpc) is 3.74. The molecule has 10 nitrogen and oxygen atoms in total. The number of rotatable bonds is 3. The summed E-state index contributed by atoms with van der Waals surface area (Å²) in [5, 5.41) is 2.42. The number of amides is 1. The third kappa shape index (κ3) is 6.46. The van der Waals surface area contributed by atoms with Crippen molar-refractivity contribution in [1.82, 2.24) is 29.7 Å². The molecule has 7 rings (SSSR count). The van der Waals surface area contributed by atoms with Gasteiger partial charge in [-0.05, 0) is 59.8 Å². The first-order chi connectivity index (χ1) is 21.5. The lowest BCUT2D eigenvalue weighted by Gasteiger charge is -2.26. The fourth-order valence-electron chi connectivity index (χ4n) is 6.43. The molecule has 2 unspecified atom stereocenters. The van der Waals surface area contributed by atoms with Crippen molar-refractivity contribution < 1.29 is 18.7 Å². The van der Waals surface area contributed by atoms with Crippen molar-refractivity contribution in [3.8, 4) is 17.3 Å². The van der Waals surface area contributed by atoms with Crippen LogP contribution in [-0.4, -0.2) is 94.9 Å². The predicted molar refractivity (Wildman–Crippen MR) is 173 cm³/mol. The van der Waals surface area contributed by atoms with Crippen molar-refractivity contribution in [2.45, 2.75) is 39.2 Å². The Labute approximate surface area is 267 Å². The molecule has 12 heteroatoms. The predicted octanol–water partition coefficient (Wildman–Crippen LogP) is 6.06. The van der Waals surface area contributed by atoms with Crippen LogP contribution < -0.4 is 9.64 Å². The van der Waals surface area contributed by atoms with Crippen LogP contribution in [0.2, 0.25) is 5.02 Å². The number of ether oxygens (including phenoxy) is 2. The number of hydrogen-bond donors (Lipinski definition) is 0. The van der Waals surface area contributed by atoms with Crippen molar-refractivity contribution >= 4 is 45.2 Å². The molecule has 3 aliphatic rings. The molecular weight excluding hydrogens is 597 g/mol. The molecule has 238 valence electrons. The lowest BCUT2D eigenvalue weighted by Crippen LogP contribution is -2.37. The Morgan fingerprint density at radius 3 is 2.36 bits per heavy atom. The standard InChI is InChI=1S/C28H28ClFN6O3.C5H11N/c1-28(2,3)39-27(37)36-13-16-11-35(12-17(16)14-36)25-19-10-32-23(22(30)24(19)33-26(34-25)38-4)18-9-31-8-15-6-5-7-20(29)21(15)18;1-6-4-2-3-5-6/h5-10,16-17H,11-14H2,1-4H3;2-5H2,1H3. The molecule has 3 saturated heterocycles. The van der Waals surface area contributed by atoms with Gasteiger partial charge in [-0.15, -0.1) is 0 Å². The minimum atomic E-state index is -0.598. The lowest BCUT2D eigenvalue weighted by molar-refractivity contribution is 0.0282. The van der Waals surface area contributed by atoms with Gasteiger partial charge in [0.2, 0.25) is 0 Å². The van der Waals surface area contributed by atoms with Gasteiger partial charge in [0.1, 0.15) is 22.6 Å². The van der Waals surface area contributed by atoms with Crippen molar-refractivity contribution in [3.05, 3.63) is 47.6 Å². The van der Waals surface area contributed by atoms with Crippen LogP contribution in [0.4, 0.5) is 15.0 Å². The first-order valence-corrected chi connectivity index (χ1v) is 15.7. The molecule has 3 aromatic heterocycles. The largest absolute Gasteiger partial charge is 0.467 e. The second kappa shape index (κ2) is 12.5. The van der Waals surface area contributed by atoms with Crippen molar-refractivity contribution in [2.75, 3.05) is 58.3 Å². The van der Waals surface area contributed by atoms with E-state index in [1.807, 2.05) is 32.9 Å². The highest BCUT2D eigenvalue weighted by Gasteiger charge is 2.43.